The first-order valence-electron chi connectivity index (χ1n) is 9.94. The van der Waals surface area contributed by atoms with E-state index in [1.54, 1.807) is 53.1 Å². The van der Waals surface area contributed by atoms with E-state index >= 15 is 0 Å². The van der Waals surface area contributed by atoms with Crippen molar-refractivity contribution in [1.29, 1.82) is 0 Å². The number of rotatable bonds is 6. The molecule has 0 aliphatic heterocycles. The molecule has 0 saturated heterocycles. The fourth-order valence-corrected chi connectivity index (χ4v) is 4.02. The first-order chi connectivity index (χ1) is 15.9. The van der Waals surface area contributed by atoms with Gasteiger partial charge < -0.3 is 14.0 Å². The molecule has 0 aliphatic rings. The van der Waals surface area contributed by atoms with Gasteiger partial charge in [0.2, 0.25) is 0 Å². The van der Waals surface area contributed by atoms with Crippen LogP contribution in [-0.4, -0.2) is 17.6 Å². The highest BCUT2D eigenvalue weighted by atomic mass is 79.9. The molecule has 0 bridgehead atoms. The molecule has 0 N–H and O–H groups in total. The quantitative estimate of drug-likeness (QED) is 0.321. The summed E-state index contributed by atoms with van der Waals surface area (Å²) < 4.78 is 39.5. The van der Waals surface area contributed by atoms with Crippen molar-refractivity contribution in [3.8, 4) is 5.75 Å². The molecule has 0 unspecified atom stereocenters. The van der Waals surface area contributed by atoms with Crippen LogP contribution in [0.25, 0.3) is 10.9 Å². The first-order valence-corrected chi connectivity index (χ1v) is 10.7. The van der Waals surface area contributed by atoms with Gasteiger partial charge in [-0.25, -0.2) is 13.6 Å². The largest absolute Gasteiger partial charge is 0.487 e. The number of hydrogen-bond acceptors (Lipinski definition) is 4. The average Bonchev–Trinajstić information content (AvgIpc) is 2.83. The lowest BCUT2D eigenvalue weighted by molar-refractivity contribution is 0.0600. The highest BCUT2D eigenvalue weighted by Gasteiger charge is 2.17. The summed E-state index contributed by atoms with van der Waals surface area (Å²) in [5.41, 5.74) is 1.68. The zero-order valence-electron chi connectivity index (χ0n) is 17.5. The molecule has 4 aromatic rings. The number of pyridine rings is 1. The maximum absolute atomic E-state index is 14.0. The number of carbonyl (C=O) groups is 1. The molecule has 3 aromatic carbocycles. The van der Waals surface area contributed by atoms with E-state index in [2.05, 4.69) is 15.9 Å². The molecule has 33 heavy (non-hydrogen) atoms. The third-order valence-corrected chi connectivity index (χ3v) is 5.87. The number of ether oxygens (including phenoxy) is 2. The molecule has 5 nitrogen and oxygen atoms in total. The molecule has 0 atom stereocenters. The van der Waals surface area contributed by atoms with Crippen molar-refractivity contribution in [2.75, 3.05) is 7.11 Å². The van der Waals surface area contributed by atoms with E-state index < -0.39 is 17.6 Å². The van der Waals surface area contributed by atoms with Gasteiger partial charge in [-0.05, 0) is 57.9 Å². The number of fused-ring (bicyclic) bond motifs is 1. The Morgan fingerprint density at radius 3 is 2.45 bits per heavy atom. The monoisotopic (exact) mass is 513 g/mol. The van der Waals surface area contributed by atoms with Gasteiger partial charge in [-0.2, -0.15) is 0 Å². The van der Waals surface area contributed by atoms with Crippen molar-refractivity contribution in [3.05, 3.63) is 110 Å². The second kappa shape index (κ2) is 9.54. The molecule has 0 saturated carbocycles. The molecule has 8 heteroatoms. The van der Waals surface area contributed by atoms with Crippen LogP contribution >= 0.6 is 15.9 Å². The zero-order valence-corrected chi connectivity index (χ0v) is 19.1. The number of carbonyl (C=O) groups excluding carboxylic acids is 1. The van der Waals surface area contributed by atoms with E-state index in [-0.39, 0.29) is 34.5 Å². The van der Waals surface area contributed by atoms with E-state index in [0.29, 0.717) is 16.5 Å². The van der Waals surface area contributed by atoms with Crippen molar-refractivity contribution in [1.82, 2.24) is 4.57 Å². The molecule has 0 radical (unpaired) electrons. The zero-order chi connectivity index (χ0) is 23.5. The second-order valence-electron chi connectivity index (χ2n) is 7.26. The maximum atomic E-state index is 14.0. The van der Waals surface area contributed by atoms with Gasteiger partial charge in [-0.1, -0.05) is 24.3 Å². The summed E-state index contributed by atoms with van der Waals surface area (Å²) in [6.07, 6.45) is 0. The molecule has 0 aliphatic carbocycles. The molecule has 0 amide bonds. The van der Waals surface area contributed by atoms with Crippen molar-refractivity contribution >= 4 is 32.8 Å². The van der Waals surface area contributed by atoms with Crippen LogP contribution in [0.3, 0.4) is 0 Å². The normalized spacial score (nSPS) is 10.9. The highest BCUT2D eigenvalue weighted by Crippen LogP contribution is 2.32. The predicted octanol–water partition coefficient (Wildman–Crippen LogP) is 5.46. The minimum Gasteiger partial charge on any atom is -0.487 e. The molecule has 1 aromatic heterocycles. The Hall–Kier alpha value is -3.52. The Labute approximate surface area is 196 Å². The van der Waals surface area contributed by atoms with Crippen LogP contribution in [0.5, 0.6) is 5.75 Å². The van der Waals surface area contributed by atoms with Crippen LogP contribution in [0, 0.1) is 11.6 Å². The SMILES string of the molecule is COC(=O)c1ccc(Cn2c(=O)c(Br)c(OCc3ccc(F)cc3F)c3ccccc32)cc1. The first kappa shape index (κ1) is 22.7. The number of para-hydroxylation sites is 1. The summed E-state index contributed by atoms with van der Waals surface area (Å²) in [4.78, 5) is 24.8. The number of benzene rings is 3. The number of methoxy groups -OCH3 is 1. The molecule has 4 rings (SSSR count). The van der Waals surface area contributed by atoms with Crippen molar-refractivity contribution < 1.29 is 23.0 Å². The number of hydrogen-bond donors (Lipinski definition) is 0. The summed E-state index contributed by atoms with van der Waals surface area (Å²) in [5, 5.41) is 0.651. The lowest BCUT2D eigenvalue weighted by Gasteiger charge is -2.17. The molecule has 1 heterocycles. The van der Waals surface area contributed by atoms with E-state index in [1.807, 2.05) is 0 Å². The second-order valence-corrected chi connectivity index (χ2v) is 8.06. The number of halogens is 3. The molecular formula is C25H18BrF2NO4. The summed E-state index contributed by atoms with van der Waals surface area (Å²) in [6.45, 7) is 0.0828. The minimum absolute atomic E-state index is 0.169. The lowest BCUT2D eigenvalue weighted by Crippen LogP contribution is -2.23. The van der Waals surface area contributed by atoms with Crippen LogP contribution in [0.4, 0.5) is 8.78 Å². The van der Waals surface area contributed by atoms with Gasteiger partial charge in [0.05, 0.1) is 24.7 Å². The Bertz CT molecular complexity index is 1400. The van der Waals surface area contributed by atoms with Crippen LogP contribution < -0.4 is 10.3 Å². The van der Waals surface area contributed by atoms with Crippen molar-refractivity contribution in [2.45, 2.75) is 13.2 Å². The van der Waals surface area contributed by atoms with Crippen LogP contribution in [0.15, 0.2) is 76.0 Å². The Balaban J connectivity index is 1.70. The highest BCUT2D eigenvalue weighted by molar-refractivity contribution is 9.10. The Kier molecular flexibility index (Phi) is 6.55. The average molecular weight is 514 g/mol. The molecule has 0 fully saturated rings. The lowest BCUT2D eigenvalue weighted by atomic mass is 10.1. The van der Waals surface area contributed by atoms with Gasteiger partial charge in [0.25, 0.3) is 5.56 Å². The van der Waals surface area contributed by atoms with E-state index in [0.717, 1.165) is 17.7 Å². The summed E-state index contributed by atoms with van der Waals surface area (Å²) >= 11 is 3.34. The van der Waals surface area contributed by atoms with E-state index in [4.69, 9.17) is 9.47 Å². The van der Waals surface area contributed by atoms with Gasteiger partial charge in [0.1, 0.15) is 28.5 Å². The van der Waals surface area contributed by atoms with Crippen molar-refractivity contribution in [2.24, 2.45) is 0 Å². The number of nitrogens with zero attached hydrogens (tertiary/aromatic N) is 1. The van der Waals surface area contributed by atoms with Gasteiger partial charge >= 0.3 is 5.97 Å². The van der Waals surface area contributed by atoms with Crippen LogP contribution in [-0.2, 0) is 17.9 Å². The third kappa shape index (κ3) is 4.66. The standard InChI is InChI=1S/C25H18BrF2NO4/c1-32-25(31)16-8-6-15(7-9-16)13-29-21-5-3-2-4-19(21)23(22(26)24(29)30)33-14-17-10-11-18(27)12-20(17)28/h2-12H,13-14H2,1H3. The minimum atomic E-state index is -0.723. The smallest absolute Gasteiger partial charge is 0.337 e. The van der Waals surface area contributed by atoms with Crippen molar-refractivity contribution in [3.63, 3.8) is 0 Å². The maximum Gasteiger partial charge on any atom is 0.337 e. The molecule has 168 valence electrons. The third-order valence-electron chi connectivity index (χ3n) is 5.17. The Morgan fingerprint density at radius 2 is 1.76 bits per heavy atom. The fraction of sp³-hybridized carbons (Fsp3) is 0.120. The van der Waals surface area contributed by atoms with Gasteiger partial charge in [0, 0.05) is 17.0 Å². The summed E-state index contributed by atoms with van der Waals surface area (Å²) in [6, 6.07) is 17.2. The summed E-state index contributed by atoms with van der Waals surface area (Å²) in [7, 11) is 1.31. The van der Waals surface area contributed by atoms with Gasteiger partial charge in [-0.3, -0.25) is 4.79 Å². The summed E-state index contributed by atoms with van der Waals surface area (Å²) in [5.74, 6) is -1.56. The Morgan fingerprint density at radius 1 is 1.03 bits per heavy atom. The van der Waals surface area contributed by atoms with Crippen LogP contribution in [0.2, 0.25) is 0 Å². The predicted molar refractivity (Wildman–Crippen MR) is 123 cm³/mol. The van der Waals surface area contributed by atoms with Gasteiger partial charge in [0.15, 0.2) is 0 Å². The van der Waals surface area contributed by atoms with Gasteiger partial charge in [-0.15, -0.1) is 0 Å². The van der Waals surface area contributed by atoms with Crippen LogP contribution in [0.1, 0.15) is 21.5 Å². The number of esters is 1. The van der Waals surface area contributed by atoms with E-state index in [9.17, 15) is 18.4 Å². The fourth-order valence-electron chi connectivity index (χ4n) is 3.48. The molecular weight excluding hydrogens is 496 g/mol. The van der Waals surface area contributed by atoms with E-state index in [1.165, 1.54) is 13.2 Å². The molecule has 0 spiro atoms. The topological polar surface area (TPSA) is 57.5 Å². The number of aromatic nitrogens is 1.